The molecule has 0 spiro atoms. The van der Waals surface area contributed by atoms with E-state index in [1.54, 1.807) is 0 Å². The summed E-state index contributed by atoms with van der Waals surface area (Å²) in [6.07, 6.45) is 9.71. The summed E-state index contributed by atoms with van der Waals surface area (Å²) in [5.41, 5.74) is 0.507. The summed E-state index contributed by atoms with van der Waals surface area (Å²) >= 11 is 0. The van der Waals surface area contributed by atoms with Gasteiger partial charge in [-0.1, -0.05) is 0 Å². The predicted octanol–water partition coefficient (Wildman–Crippen LogP) is 2.02. The number of nitrogens with one attached hydrogen (secondary N) is 1. The molecule has 1 N–H and O–H groups in total. The number of rotatable bonds is 3. The van der Waals surface area contributed by atoms with Crippen molar-refractivity contribution in [3.8, 4) is 0 Å². The number of carbonyl (C=O) groups is 1. The van der Waals surface area contributed by atoms with Crippen molar-refractivity contribution in [2.45, 2.75) is 51.0 Å². The average Bonchev–Trinajstić information content (AvgIpc) is 2.68. The molecular weight excluding hydrogens is 236 g/mol. The van der Waals surface area contributed by atoms with Crippen LogP contribution in [-0.4, -0.2) is 37.0 Å². The first-order valence-corrected chi connectivity index (χ1v) is 8.13. The molecule has 4 bridgehead atoms. The minimum Gasteiger partial charge on any atom is -0.341 e. The van der Waals surface area contributed by atoms with Gasteiger partial charge in [0.15, 0.2) is 0 Å². The van der Waals surface area contributed by atoms with Crippen LogP contribution < -0.4 is 5.32 Å². The maximum atomic E-state index is 12.3. The van der Waals surface area contributed by atoms with E-state index in [1.807, 2.05) is 7.05 Å². The van der Waals surface area contributed by atoms with Crippen molar-refractivity contribution in [1.82, 2.24) is 10.2 Å². The number of likely N-dealkylation sites (tertiary alicyclic amines) is 1. The first-order valence-electron chi connectivity index (χ1n) is 8.13. The molecule has 0 aromatic rings. The molecule has 0 radical (unpaired) electrons. The molecule has 1 aliphatic heterocycles. The molecule has 5 rings (SSSR count). The molecule has 5 fully saturated rings. The second-order valence-electron chi connectivity index (χ2n) is 7.81. The number of nitrogens with zero attached hydrogens (tertiary/aromatic N) is 1. The van der Waals surface area contributed by atoms with E-state index in [2.05, 4.69) is 10.2 Å². The van der Waals surface area contributed by atoms with Crippen LogP contribution in [0.15, 0.2) is 0 Å². The lowest BCUT2D eigenvalue weighted by atomic mass is 9.49. The Morgan fingerprint density at radius 1 is 1.16 bits per heavy atom. The van der Waals surface area contributed by atoms with Crippen LogP contribution in [0, 0.1) is 23.2 Å². The zero-order valence-electron chi connectivity index (χ0n) is 12.0. The van der Waals surface area contributed by atoms with Crippen molar-refractivity contribution < 1.29 is 4.79 Å². The second kappa shape index (κ2) is 4.21. The fourth-order valence-electron chi connectivity index (χ4n) is 6.05. The van der Waals surface area contributed by atoms with Gasteiger partial charge in [0.1, 0.15) is 0 Å². The highest BCUT2D eigenvalue weighted by Gasteiger charge is 2.52. The van der Waals surface area contributed by atoms with Crippen molar-refractivity contribution >= 4 is 5.91 Å². The normalized spacial score (nSPS) is 48.3. The summed E-state index contributed by atoms with van der Waals surface area (Å²) in [5, 5.41) is 3.16. The smallest absolute Gasteiger partial charge is 0.239 e. The molecule has 0 aromatic carbocycles. The molecule has 0 aromatic heterocycles. The monoisotopic (exact) mass is 262 g/mol. The SMILES string of the molecule is CNC1CCN(CC23CC4CC(CC(C4)C2)C3)C1=O. The molecule has 106 valence electrons. The molecule has 5 aliphatic rings. The van der Waals surface area contributed by atoms with Gasteiger partial charge in [0, 0.05) is 13.1 Å². The molecule has 1 saturated heterocycles. The Hall–Kier alpha value is -0.570. The van der Waals surface area contributed by atoms with E-state index in [0.29, 0.717) is 11.3 Å². The number of hydrogen-bond donors (Lipinski definition) is 1. The molecular formula is C16H26N2O. The van der Waals surface area contributed by atoms with Gasteiger partial charge in [-0.2, -0.15) is 0 Å². The predicted molar refractivity (Wildman–Crippen MR) is 74.6 cm³/mol. The summed E-state index contributed by atoms with van der Waals surface area (Å²) in [5.74, 6) is 3.33. The molecule has 4 saturated carbocycles. The van der Waals surface area contributed by atoms with E-state index in [-0.39, 0.29) is 6.04 Å². The van der Waals surface area contributed by atoms with E-state index >= 15 is 0 Å². The van der Waals surface area contributed by atoms with E-state index in [1.165, 1.54) is 38.5 Å². The molecule has 19 heavy (non-hydrogen) atoms. The van der Waals surface area contributed by atoms with E-state index in [4.69, 9.17) is 0 Å². The number of likely N-dealkylation sites (N-methyl/N-ethyl adjacent to an activating group) is 1. The van der Waals surface area contributed by atoms with Crippen molar-refractivity contribution in [2.75, 3.05) is 20.1 Å². The molecule has 3 heteroatoms. The maximum Gasteiger partial charge on any atom is 0.239 e. The fraction of sp³-hybridized carbons (Fsp3) is 0.938. The minimum absolute atomic E-state index is 0.0916. The molecule has 4 aliphatic carbocycles. The summed E-state index contributed by atoms with van der Waals surface area (Å²) in [4.78, 5) is 14.5. The highest BCUT2D eigenvalue weighted by molar-refractivity contribution is 5.84. The summed E-state index contributed by atoms with van der Waals surface area (Å²) < 4.78 is 0. The third-order valence-corrected chi connectivity index (χ3v) is 6.34. The van der Waals surface area contributed by atoms with Crippen LogP contribution in [0.3, 0.4) is 0 Å². The van der Waals surface area contributed by atoms with Gasteiger partial charge in [0.05, 0.1) is 6.04 Å². The topological polar surface area (TPSA) is 32.3 Å². The lowest BCUT2D eigenvalue weighted by Crippen LogP contribution is -2.52. The van der Waals surface area contributed by atoms with Gasteiger partial charge >= 0.3 is 0 Å². The summed E-state index contributed by atoms with van der Waals surface area (Å²) in [6.45, 7) is 2.04. The lowest BCUT2D eigenvalue weighted by molar-refractivity contribution is -0.134. The van der Waals surface area contributed by atoms with Crippen LogP contribution >= 0.6 is 0 Å². The van der Waals surface area contributed by atoms with Crippen LogP contribution in [0.2, 0.25) is 0 Å². The fourth-order valence-corrected chi connectivity index (χ4v) is 6.05. The van der Waals surface area contributed by atoms with Crippen molar-refractivity contribution in [3.63, 3.8) is 0 Å². The van der Waals surface area contributed by atoms with Crippen molar-refractivity contribution in [1.29, 1.82) is 0 Å². The molecule has 1 unspecified atom stereocenters. The Kier molecular flexibility index (Phi) is 2.70. The van der Waals surface area contributed by atoms with Gasteiger partial charge < -0.3 is 10.2 Å². The summed E-state index contributed by atoms with van der Waals surface area (Å²) in [7, 11) is 1.91. The third kappa shape index (κ3) is 1.93. The van der Waals surface area contributed by atoms with Gasteiger partial charge in [-0.15, -0.1) is 0 Å². The van der Waals surface area contributed by atoms with Gasteiger partial charge in [-0.05, 0) is 75.2 Å². The van der Waals surface area contributed by atoms with E-state index in [0.717, 1.165) is 37.3 Å². The maximum absolute atomic E-state index is 12.3. The van der Waals surface area contributed by atoms with Crippen LogP contribution in [0.5, 0.6) is 0 Å². The van der Waals surface area contributed by atoms with Gasteiger partial charge in [0.2, 0.25) is 5.91 Å². The third-order valence-electron chi connectivity index (χ3n) is 6.34. The van der Waals surface area contributed by atoms with Crippen LogP contribution in [0.1, 0.15) is 44.9 Å². The molecule has 1 atom stereocenters. The Morgan fingerprint density at radius 2 is 1.74 bits per heavy atom. The first-order chi connectivity index (χ1) is 9.17. The van der Waals surface area contributed by atoms with Gasteiger partial charge in [-0.25, -0.2) is 0 Å². The largest absolute Gasteiger partial charge is 0.341 e. The molecule has 1 amide bonds. The number of hydrogen-bond acceptors (Lipinski definition) is 2. The van der Waals surface area contributed by atoms with Crippen LogP contribution in [0.4, 0.5) is 0 Å². The van der Waals surface area contributed by atoms with Crippen molar-refractivity contribution in [3.05, 3.63) is 0 Å². The average molecular weight is 262 g/mol. The number of amides is 1. The van der Waals surface area contributed by atoms with E-state index < -0.39 is 0 Å². The zero-order chi connectivity index (χ0) is 13.0. The van der Waals surface area contributed by atoms with Gasteiger partial charge in [0.25, 0.3) is 0 Å². The Labute approximate surface area is 116 Å². The quantitative estimate of drug-likeness (QED) is 0.844. The Bertz CT molecular complexity index is 357. The Balaban J connectivity index is 1.49. The highest BCUT2D eigenvalue weighted by atomic mass is 16.2. The molecule has 1 heterocycles. The lowest BCUT2D eigenvalue weighted by Gasteiger charge is -2.57. The van der Waals surface area contributed by atoms with Crippen molar-refractivity contribution in [2.24, 2.45) is 23.2 Å². The highest BCUT2D eigenvalue weighted by Crippen LogP contribution is 2.60. The summed E-state index contributed by atoms with van der Waals surface area (Å²) in [6, 6.07) is 0.0916. The minimum atomic E-state index is 0.0916. The zero-order valence-corrected chi connectivity index (χ0v) is 12.0. The Morgan fingerprint density at radius 3 is 2.21 bits per heavy atom. The standard InChI is InChI=1S/C16H26N2O/c1-17-14-2-3-18(15(14)19)10-16-7-11-4-12(8-16)6-13(5-11)9-16/h11-14,17H,2-10H2,1H3. The number of carbonyl (C=O) groups excluding carboxylic acids is 1. The first kappa shape index (κ1) is 12.2. The second-order valence-corrected chi connectivity index (χ2v) is 7.81. The molecule has 3 nitrogen and oxygen atoms in total. The van der Waals surface area contributed by atoms with Crippen LogP contribution in [0.25, 0.3) is 0 Å². The van der Waals surface area contributed by atoms with Crippen LogP contribution in [-0.2, 0) is 4.79 Å². The van der Waals surface area contributed by atoms with E-state index in [9.17, 15) is 4.79 Å². The van der Waals surface area contributed by atoms with Gasteiger partial charge in [-0.3, -0.25) is 4.79 Å².